The van der Waals surface area contributed by atoms with Crippen molar-refractivity contribution >= 4 is 24.2 Å². The van der Waals surface area contributed by atoms with E-state index >= 15 is 0 Å². The first-order valence-corrected chi connectivity index (χ1v) is 4.45. The maximum atomic E-state index is 5.68. The number of benzene rings is 1. The van der Waals surface area contributed by atoms with Crippen LogP contribution in [0.3, 0.4) is 0 Å². The molecule has 0 N–H and O–H groups in total. The quantitative estimate of drug-likeness (QED) is 0.587. The Hall–Kier alpha value is -1.31. The Balaban J connectivity index is 2.68. The standard InChI is InChI=1S/C11H10BN/c1-2-10-6-4-8-3-5-9(12)7-11(8)13-10/h3-7H,2H2,1H3. The van der Waals surface area contributed by atoms with Gasteiger partial charge in [0.1, 0.15) is 7.85 Å². The molecule has 62 valence electrons. The number of pyridine rings is 1. The highest BCUT2D eigenvalue weighted by atomic mass is 14.7. The van der Waals surface area contributed by atoms with Gasteiger partial charge in [0.05, 0.1) is 5.52 Å². The number of hydrogen-bond donors (Lipinski definition) is 0. The molecule has 0 amide bonds. The second kappa shape index (κ2) is 3.21. The third-order valence-electron chi connectivity index (χ3n) is 2.14. The van der Waals surface area contributed by atoms with Gasteiger partial charge >= 0.3 is 0 Å². The van der Waals surface area contributed by atoms with Gasteiger partial charge in [-0.15, -0.1) is 0 Å². The van der Waals surface area contributed by atoms with Crippen LogP contribution >= 0.6 is 0 Å². The highest BCUT2D eigenvalue weighted by molar-refractivity contribution is 6.33. The number of hydrogen-bond acceptors (Lipinski definition) is 1. The van der Waals surface area contributed by atoms with Gasteiger partial charge in [-0.25, -0.2) is 0 Å². The summed E-state index contributed by atoms with van der Waals surface area (Å²) in [4.78, 5) is 4.47. The minimum absolute atomic E-state index is 0.772. The van der Waals surface area contributed by atoms with Crippen LogP contribution in [0.15, 0.2) is 30.3 Å². The summed E-state index contributed by atoms with van der Waals surface area (Å²) in [7, 11) is 5.68. The average Bonchev–Trinajstić information content (AvgIpc) is 2.16. The fourth-order valence-corrected chi connectivity index (χ4v) is 1.37. The Kier molecular flexibility index (Phi) is 2.05. The van der Waals surface area contributed by atoms with Crippen molar-refractivity contribution in [1.29, 1.82) is 0 Å². The number of aryl methyl sites for hydroxylation is 1. The van der Waals surface area contributed by atoms with Crippen LogP contribution in [0.2, 0.25) is 0 Å². The van der Waals surface area contributed by atoms with Crippen molar-refractivity contribution in [2.75, 3.05) is 0 Å². The maximum Gasteiger partial charge on any atom is 0.113 e. The van der Waals surface area contributed by atoms with Gasteiger partial charge in [0, 0.05) is 11.1 Å². The molecule has 0 saturated carbocycles. The van der Waals surface area contributed by atoms with Gasteiger partial charge in [0.25, 0.3) is 0 Å². The molecule has 1 aromatic heterocycles. The van der Waals surface area contributed by atoms with Crippen molar-refractivity contribution in [2.45, 2.75) is 13.3 Å². The normalized spacial score (nSPS) is 10.5. The molecule has 1 heterocycles. The van der Waals surface area contributed by atoms with E-state index in [4.69, 9.17) is 7.85 Å². The van der Waals surface area contributed by atoms with Gasteiger partial charge in [-0.05, 0) is 18.6 Å². The summed E-state index contributed by atoms with van der Waals surface area (Å²) in [6.07, 6.45) is 0.963. The fraction of sp³-hybridized carbons (Fsp3) is 0.182. The van der Waals surface area contributed by atoms with Crippen LogP contribution in [-0.4, -0.2) is 12.8 Å². The third-order valence-corrected chi connectivity index (χ3v) is 2.14. The summed E-state index contributed by atoms with van der Waals surface area (Å²) < 4.78 is 0. The highest BCUT2D eigenvalue weighted by Gasteiger charge is 1.96. The first-order valence-electron chi connectivity index (χ1n) is 4.45. The molecule has 1 aromatic carbocycles. The average molecular weight is 167 g/mol. The molecule has 2 heteroatoms. The van der Waals surface area contributed by atoms with Gasteiger partial charge in [0.2, 0.25) is 0 Å². The molecule has 0 spiro atoms. The summed E-state index contributed by atoms with van der Waals surface area (Å²) in [6.45, 7) is 2.10. The van der Waals surface area contributed by atoms with Crippen LogP contribution in [-0.2, 0) is 6.42 Å². The van der Waals surface area contributed by atoms with E-state index < -0.39 is 0 Å². The summed E-state index contributed by atoms with van der Waals surface area (Å²) in [6, 6.07) is 9.94. The molecule has 0 aliphatic rings. The van der Waals surface area contributed by atoms with E-state index in [0.29, 0.717) is 0 Å². The van der Waals surface area contributed by atoms with E-state index in [0.717, 1.165) is 28.5 Å². The molecular weight excluding hydrogens is 157 g/mol. The monoisotopic (exact) mass is 167 g/mol. The van der Waals surface area contributed by atoms with Crippen LogP contribution in [0.4, 0.5) is 0 Å². The fourth-order valence-electron chi connectivity index (χ4n) is 1.37. The molecule has 0 aliphatic heterocycles. The van der Waals surface area contributed by atoms with Crippen molar-refractivity contribution in [1.82, 2.24) is 4.98 Å². The molecule has 0 atom stereocenters. The van der Waals surface area contributed by atoms with E-state index in [1.807, 2.05) is 18.2 Å². The summed E-state index contributed by atoms with van der Waals surface area (Å²) >= 11 is 0. The van der Waals surface area contributed by atoms with E-state index in [2.05, 4.69) is 24.0 Å². The van der Waals surface area contributed by atoms with Crippen molar-refractivity contribution in [2.24, 2.45) is 0 Å². The Morgan fingerprint density at radius 1 is 1.23 bits per heavy atom. The number of fused-ring (bicyclic) bond motifs is 1. The lowest BCUT2D eigenvalue weighted by Gasteiger charge is -2.01. The molecule has 2 aromatic rings. The van der Waals surface area contributed by atoms with Crippen molar-refractivity contribution in [3.63, 3.8) is 0 Å². The highest BCUT2D eigenvalue weighted by Crippen LogP contribution is 2.10. The van der Waals surface area contributed by atoms with Gasteiger partial charge < -0.3 is 0 Å². The minimum Gasteiger partial charge on any atom is -0.253 e. The molecule has 2 radical (unpaired) electrons. The molecule has 0 saturated heterocycles. The van der Waals surface area contributed by atoms with Gasteiger partial charge in [-0.3, -0.25) is 4.98 Å². The van der Waals surface area contributed by atoms with E-state index in [-0.39, 0.29) is 0 Å². The predicted molar refractivity (Wildman–Crippen MR) is 56.5 cm³/mol. The zero-order chi connectivity index (χ0) is 9.26. The first kappa shape index (κ1) is 8.30. The van der Waals surface area contributed by atoms with Crippen LogP contribution in [0.25, 0.3) is 10.9 Å². The van der Waals surface area contributed by atoms with E-state index in [1.54, 1.807) is 0 Å². The van der Waals surface area contributed by atoms with Crippen LogP contribution < -0.4 is 5.46 Å². The molecular formula is C11H10BN. The molecule has 0 unspecified atom stereocenters. The summed E-state index contributed by atoms with van der Waals surface area (Å²) in [5.41, 5.74) is 2.87. The van der Waals surface area contributed by atoms with Crippen LogP contribution in [0, 0.1) is 0 Å². The lowest BCUT2D eigenvalue weighted by atomic mass is 9.95. The Morgan fingerprint density at radius 2 is 2.00 bits per heavy atom. The lowest BCUT2D eigenvalue weighted by molar-refractivity contribution is 1.06. The van der Waals surface area contributed by atoms with Crippen molar-refractivity contribution < 1.29 is 0 Å². The smallest absolute Gasteiger partial charge is 0.113 e. The Labute approximate surface area is 79.2 Å². The van der Waals surface area contributed by atoms with Gasteiger partial charge in [-0.1, -0.05) is 30.6 Å². The Bertz CT molecular complexity index is 437. The molecule has 1 nitrogen and oxygen atoms in total. The van der Waals surface area contributed by atoms with Gasteiger partial charge in [0.15, 0.2) is 0 Å². The third kappa shape index (κ3) is 1.57. The zero-order valence-corrected chi connectivity index (χ0v) is 7.62. The Morgan fingerprint density at radius 3 is 2.77 bits per heavy atom. The number of aromatic nitrogens is 1. The molecule has 0 fully saturated rings. The molecule has 2 rings (SSSR count). The summed E-state index contributed by atoms with van der Waals surface area (Å²) in [5, 5.41) is 1.14. The van der Waals surface area contributed by atoms with Gasteiger partial charge in [-0.2, -0.15) is 0 Å². The first-order chi connectivity index (χ1) is 6.29. The van der Waals surface area contributed by atoms with Crippen LogP contribution in [0.1, 0.15) is 12.6 Å². The predicted octanol–water partition coefficient (Wildman–Crippen LogP) is 1.59. The van der Waals surface area contributed by atoms with E-state index in [1.165, 1.54) is 0 Å². The van der Waals surface area contributed by atoms with Crippen molar-refractivity contribution in [3.8, 4) is 0 Å². The van der Waals surface area contributed by atoms with Crippen LogP contribution in [0.5, 0.6) is 0 Å². The topological polar surface area (TPSA) is 12.9 Å². The minimum atomic E-state index is 0.772. The molecule has 0 aliphatic carbocycles. The maximum absolute atomic E-state index is 5.68. The second-order valence-corrected chi connectivity index (χ2v) is 3.11. The largest absolute Gasteiger partial charge is 0.253 e. The second-order valence-electron chi connectivity index (χ2n) is 3.11. The number of nitrogens with zero attached hydrogens (tertiary/aromatic N) is 1. The SMILES string of the molecule is [B]c1ccc2ccc(CC)nc2c1. The molecule has 13 heavy (non-hydrogen) atoms. The zero-order valence-electron chi connectivity index (χ0n) is 7.62. The lowest BCUT2D eigenvalue weighted by Crippen LogP contribution is -2.01. The summed E-state index contributed by atoms with van der Waals surface area (Å²) in [5.74, 6) is 0. The molecule has 0 bridgehead atoms. The number of rotatable bonds is 1. The van der Waals surface area contributed by atoms with E-state index in [9.17, 15) is 0 Å². The van der Waals surface area contributed by atoms with Crippen molar-refractivity contribution in [3.05, 3.63) is 36.0 Å².